The summed E-state index contributed by atoms with van der Waals surface area (Å²) >= 11 is 0. The Morgan fingerprint density at radius 3 is 2.50 bits per heavy atom. The molecule has 0 aromatic heterocycles. The van der Waals surface area contributed by atoms with E-state index in [1.54, 1.807) is 0 Å². The SMILES string of the molecule is COC(=O)CCC[C@@H](C)[C@H]1CC[C@H]2[C@@H]3CC[C@H]4CC(C=O)CC[C@]4(C)[C@H]3CC[C@]12C. The Balaban J connectivity index is 1.43. The molecular weight excluding hydrogens is 372 g/mol. The summed E-state index contributed by atoms with van der Waals surface area (Å²) in [5.74, 6) is 5.25. The maximum absolute atomic E-state index is 11.5. The summed E-state index contributed by atoms with van der Waals surface area (Å²) < 4.78 is 4.83. The maximum atomic E-state index is 11.5. The normalized spacial score (nSPS) is 46.3. The molecule has 4 aliphatic rings. The fourth-order valence-corrected chi connectivity index (χ4v) is 9.26. The standard InChI is InChI=1S/C27H44O3/c1-18(6-5-7-25(29)30-4)22-10-11-23-21-9-8-20-16-19(17-28)12-14-26(20,2)24(21)13-15-27(22,23)3/h17-24H,5-16H2,1-4H3/t18-,19?,20+,21+,22-,23+,24+,26+,27-/m1/s1. The lowest BCUT2D eigenvalue weighted by molar-refractivity contribution is -0.140. The summed E-state index contributed by atoms with van der Waals surface area (Å²) in [6.45, 7) is 7.67. The summed E-state index contributed by atoms with van der Waals surface area (Å²) in [5, 5.41) is 0. The van der Waals surface area contributed by atoms with E-state index in [-0.39, 0.29) is 5.97 Å². The molecule has 4 rings (SSSR count). The van der Waals surface area contributed by atoms with Crippen LogP contribution in [0.15, 0.2) is 0 Å². The van der Waals surface area contributed by atoms with Crippen molar-refractivity contribution in [3.63, 3.8) is 0 Å². The Morgan fingerprint density at radius 2 is 1.77 bits per heavy atom. The van der Waals surface area contributed by atoms with Crippen molar-refractivity contribution in [1.29, 1.82) is 0 Å². The van der Waals surface area contributed by atoms with Gasteiger partial charge in [0.25, 0.3) is 0 Å². The number of fused-ring (bicyclic) bond motifs is 5. The van der Waals surface area contributed by atoms with Gasteiger partial charge in [0.1, 0.15) is 6.29 Å². The van der Waals surface area contributed by atoms with Crippen LogP contribution in [0.2, 0.25) is 0 Å². The third-order valence-corrected chi connectivity index (χ3v) is 10.9. The van der Waals surface area contributed by atoms with Crippen LogP contribution in [0, 0.1) is 52.3 Å². The summed E-state index contributed by atoms with van der Waals surface area (Å²) in [6, 6.07) is 0. The van der Waals surface area contributed by atoms with Gasteiger partial charge in [-0.1, -0.05) is 20.8 Å². The van der Waals surface area contributed by atoms with E-state index < -0.39 is 0 Å². The third-order valence-electron chi connectivity index (χ3n) is 10.9. The second-order valence-corrected chi connectivity index (χ2v) is 12.0. The molecule has 3 nitrogen and oxygen atoms in total. The number of esters is 1. The van der Waals surface area contributed by atoms with Crippen molar-refractivity contribution in [3.05, 3.63) is 0 Å². The van der Waals surface area contributed by atoms with Gasteiger partial charge in [0.05, 0.1) is 7.11 Å². The predicted octanol–water partition coefficient (Wildman–Crippen LogP) is 6.44. The first-order chi connectivity index (χ1) is 14.3. The van der Waals surface area contributed by atoms with Crippen molar-refractivity contribution in [2.75, 3.05) is 7.11 Å². The van der Waals surface area contributed by atoms with E-state index in [2.05, 4.69) is 20.8 Å². The lowest BCUT2D eigenvalue weighted by atomic mass is 9.44. The Hall–Kier alpha value is -0.860. The number of carbonyl (C=O) groups is 2. The van der Waals surface area contributed by atoms with Crippen LogP contribution in [-0.4, -0.2) is 19.4 Å². The van der Waals surface area contributed by atoms with Crippen molar-refractivity contribution >= 4 is 12.3 Å². The van der Waals surface area contributed by atoms with Gasteiger partial charge in [0.15, 0.2) is 0 Å². The Labute approximate surface area is 184 Å². The Kier molecular flexibility index (Phi) is 6.39. The maximum Gasteiger partial charge on any atom is 0.305 e. The van der Waals surface area contributed by atoms with E-state index in [0.717, 1.165) is 55.3 Å². The smallest absolute Gasteiger partial charge is 0.305 e. The zero-order chi connectivity index (χ0) is 21.5. The van der Waals surface area contributed by atoms with Crippen LogP contribution in [-0.2, 0) is 14.3 Å². The van der Waals surface area contributed by atoms with Gasteiger partial charge in [0.2, 0.25) is 0 Å². The van der Waals surface area contributed by atoms with Crippen LogP contribution in [0.25, 0.3) is 0 Å². The molecule has 0 aliphatic heterocycles. The molecule has 170 valence electrons. The van der Waals surface area contributed by atoms with Crippen LogP contribution in [0.3, 0.4) is 0 Å². The molecular formula is C27H44O3. The molecule has 0 saturated heterocycles. The lowest BCUT2D eigenvalue weighted by Crippen LogP contribution is -2.53. The van der Waals surface area contributed by atoms with Gasteiger partial charge >= 0.3 is 5.97 Å². The molecule has 4 fully saturated rings. The first-order valence-corrected chi connectivity index (χ1v) is 12.9. The number of ether oxygens (including phenoxy) is 1. The number of hydrogen-bond donors (Lipinski definition) is 0. The minimum Gasteiger partial charge on any atom is -0.469 e. The van der Waals surface area contributed by atoms with Gasteiger partial charge in [-0.2, -0.15) is 0 Å². The highest BCUT2D eigenvalue weighted by molar-refractivity contribution is 5.68. The average Bonchev–Trinajstić information content (AvgIpc) is 3.10. The minimum atomic E-state index is -0.0625. The molecule has 0 spiro atoms. The summed E-state index contributed by atoms with van der Waals surface area (Å²) in [6.07, 6.45) is 15.9. The largest absolute Gasteiger partial charge is 0.469 e. The highest BCUT2D eigenvalue weighted by Gasteiger charge is 2.60. The van der Waals surface area contributed by atoms with E-state index >= 15 is 0 Å². The van der Waals surface area contributed by atoms with E-state index in [1.807, 2.05) is 0 Å². The fraction of sp³-hybridized carbons (Fsp3) is 0.926. The lowest BCUT2D eigenvalue weighted by Gasteiger charge is -2.61. The van der Waals surface area contributed by atoms with Crippen LogP contribution in [0.1, 0.15) is 97.8 Å². The van der Waals surface area contributed by atoms with Crippen molar-refractivity contribution < 1.29 is 14.3 Å². The number of hydrogen-bond acceptors (Lipinski definition) is 3. The van der Waals surface area contributed by atoms with E-state index in [4.69, 9.17) is 4.74 Å². The molecule has 0 radical (unpaired) electrons. The van der Waals surface area contributed by atoms with Crippen LogP contribution in [0.4, 0.5) is 0 Å². The molecule has 0 amide bonds. The molecule has 4 saturated carbocycles. The molecule has 9 atom stereocenters. The Bertz CT molecular complexity index is 644. The van der Waals surface area contributed by atoms with Crippen molar-refractivity contribution in [2.24, 2.45) is 52.3 Å². The zero-order valence-corrected chi connectivity index (χ0v) is 19.8. The predicted molar refractivity (Wildman–Crippen MR) is 120 cm³/mol. The molecule has 0 aromatic rings. The van der Waals surface area contributed by atoms with Crippen LogP contribution >= 0.6 is 0 Å². The average molecular weight is 417 g/mol. The summed E-state index contributed by atoms with van der Waals surface area (Å²) in [7, 11) is 1.49. The molecule has 3 heteroatoms. The van der Waals surface area contributed by atoms with Gasteiger partial charge in [-0.25, -0.2) is 0 Å². The highest BCUT2D eigenvalue weighted by atomic mass is 16.5. The van der Waals surface area contributed by atoms with Crippen molar-refractivity contribution in [1.82, 2.24) is 0 Å². The van der Waals surface area contributed by atoms with Crippen molar-refractivity contribution in [2.45, 2.75) is 97.8 Å². The van der Waals surface area contributed by atoms with Crippen LogP contribution in [0.5, 0.6) is 0 Å². The molecule has 30 heavy (non-hydrogen) atoms. The number of methoxy groups -OCH3 is 1. The number of carbonyl (C=O) groups excluding carboxylic acids is 2. The first kappa shape index (κ1) is 22.3. The summed E-state index contributed by atoms with van der Waals surface area (Å²) in [5.41, 5.74) is 0.975. The van der Waals surface area contributed by atoms with Crippen LogP contribution < -0.4 is 0 Å². The molecule has 0 aromatic carbocycles. The second kappa shape index (κ2) is 8.58. The molecule has 4 aliphatic carbocycles. The van der Waals surface area contributed by atoms with Gasteiger partial charge in [0, 0.05) is 12.3 Å². The quantitative estimate of drug-likeness (QED) is 0.370. The molecule has 0 bridgehead atoms. The number of aldehydes is 1. The van der Waals surface area contributed by atoms with E-state index in [1.165, 1.54) is 58.3 Å². The minimum absolute atomic E-state index is 0.0625. The van der Waals surface area contributed by atoms with Gasteiger partial charge in [-0.05, 0) is 117 Å². The second-order valence-electron chi connectivity index (χ2n) is 12.0. The van der Waals surface area contributed by atoms with E-state index in [0.29, 0.717) is 29.1 Å². The molecule has 1 unspecified atom stereocenters. The first-order valence-electron chi connectivity index (χ1n) is 12.9. The highest BCUT2D eigenvalue weighted by Crippen LogP contribution is 2.68. The summed E-state index contributed by atoms with van der Waals surface area (Å²) in [4.78, 5) is 22.9. The van der Waals surface area contributed by atoms with Crippen molar-refractivity contribution in [3.8, 4) is 0 Å². The molecule has 0 N–H and O–H groups in total. The molecule has 0 heterocycles. The van der Waals surface area contributed by atoms with Gasteiger partial charge < -0.3 is 9.53 Å². The van der Waals surface area contributed by atoms with Gasteiger partial charge in [-0.15, -0.1) is 0 Å². The van der Waals surface area contributed by atoms with Gasteiger partial charge in [-0.3, -0.25) is 4.79 Å². The topological polar surface area (TPSA) is 43.4 Å². The fourth-order valence-electron chi connectivity index (χ4n) is 9.26. The zero-order valence-electron chi connectivity index (χ0n) is 19.8. The number of rotatable bonds is 6. The monoisotopic (exact) mass is 416 g/mol. The Morgan fingerprint density at radius 1 is 1.03 bits per heavy atom. The van der Waals surface area contributed by atoms with E-state index in [9.17, 15) is 9.59 Å². The third kappa shape index (κ3) is 3.66.